The van der Waals surface area contributed by atoms with Crippen molar-refractivity contribution in [3.63, 3.8) is 0 Å². The lowest BCUT2D eigenvalue weighted by atomic mass is 10.0. The third-order valence-corrected chi connectivity index (χ3v) is 4.70. The molecule has 29 heavy (non-hydrogen) atoms. The van der Waals surface area contributed by atoms with E-state index in [-0.39, 0.29) is 16.1 Å². The molecule has 0 aliphatic rings. The molecule has 1 heterocycles. The molecule has 0 unspecified atom stereocenters. The van der Waals surface area contributed by atoms with E-state index in [1.807, 2.05) is 0 Å². The van der Waals surface area contributed by atoms with Gasteiger partial charge < -0.3 is 10.1 Å². The second-order valence-electron chi connectivity index (χ2n) is 6.01. The number of nitriles is 1. The summed E-state index contributed by atoms with van der Waals surface area (Å²) >= 11 is 12.2. The SMILES string of the molecule is COc1ccc([C@H](NC(=O)c2ccc(C#N)c(F)c2)c2ncc(Cl)cc2Cl)cc1. The molecule has 0 fully saturated rings. The smallest absolute Gasteiger partial charge is 0.252 e. The number of hydrogen-bond donors (Lipinski definition) is 1. The van der Waals surface area contributed by atoms with E-state index in [0.29, 0.717) is 22.0 Å². The summed E-state index contributed by atoms with van der Waals surface area (Å²) in [5.41, 5.74) is 0.981. The number of nitrogens with one attached hydrogen (secondary N) is 1. The molecule has 0 spiro atoms. The van der Waals surface area contributed by atoms with Crippen molar-refractivity contribution in [3.05, 3.63) is 93.0 Å². The Bertz CT molecular complexity index is 1100. The van der Waals surface area contributed by atoms with Crippen LogP contribution in [-0.4, -0.2) is 18.0 Å². The first kappa shape index (κ1) is 20.6. The van der Waals surface area contributed by atoms with Crippen LogP contribution in [0, 0.1) is 17.1 Å². The quantitative estimate of drug-likeness (QED) is 0.623. The summed E-state index contributed by atoms with van der Waals surface area (Å²) in [5, 5.41) is 12.3. The molecule has 3 rings (SSSR count). The molecular weight excluding hydrogens is 416 g/mol. The fourth-order valence-corrected chi connectivity index (χ4v) is 3.19. The van der Waals surface area contributed by atoms with Gasteiger partial charge in [-0.25, -0.2) is 4.39 Å². The maximum atomic E-state index is 13.9. The molecule has 0 radical (unpaired) electrons. The number of nitrogens with zero attached hydrogens (tertiary/aromatic N) is 2. The van der Waals surface area contributed by atoms with Gasteiger partial charge in [0.25, 0.3) is 5.91 Å². The predicted molar refractivity (Wildman–Crippen MR) is 108 cm³/mol. The van der Waals surface area contributed by atoms with Crippen molar-refractivity contribution in [3.8, 4) is 11.8 Å². The zero-order chi connectivity index (χ0) is 21.0. The minimum Gasteiger partial charge on any atom is -0.497 e. The Morgan fingerprint density at radius 3 is 2.52 bits per heavy atom. The van der Waals surface area contributed by atoms with E-state index in [4.69, 9.17) is 33.2 Å². The molecule has 1 N–H and O–H groups in total. The van der Waals surface area contributed by atoms with E-state index >= 15 is 0 Å². The van der Waals surface area contributed by atoms with Gasteiger partial charge in [0.05, 0.1) is 34.5 Å². The number of carbonyl (C=O) groups is 1. The molecule has 1 aromatic heterocycles. The Kier molecular flexibility index (Phi) is 6.32. The van der Waals surface area contributed by atoms with Gasteiger partial charge in [-0.3, -0.25) is 9.78 Å². The van der Waals surface area contributed by atoms with Gasteiger partial charge >= 0.3 is 0 Å². The average Bonchev–Trinajstić information content (AvgIpc) is 2.72. The van der Waals surface area contributed by atoms with Crippen LogP contribution in [0.3, 0.4) is 0 Å². The number of methoxy groups -OCH3 is 1. The van der Waals surface area contributed by atoms with Crippen LogP contribution in [0.25, 0.3) is 0 Å². The Hall–Kier alpha value is -3.14. The lowest BCUT2D eigenvalue weighted by Crippen LogP contribution is -2.30. The zero-order valence-electron chi connectivity index (χ0n) is 15.1. The van der Waals surface area contributed by atoms with Crippen molar-refractivity contribution < 1.29 is 13.9 Å². The van der Waals surface area contributed by atoms with E-state index in [2.05, 4.69) is 10.3 Å². The van der Waals surface area contributed by atoms with Crippen molar-refractivity contribution in [2.75, 3.05) is 7.11 Å². The molecule has 146 valence electrons. The fraction of sp³-hybridized carbons (Fsp3) is 0.0952. The van der Waals surface area contributed by atoms with Crippen LogP contribution in [0.5, 0.6) is 5.75 Å². The Morgan fingerprint density at radius 1 is 1.21 bits per heavy atom. The number of pyridine rings is 1. The summed E-state index contributed by atoms with van der Waals surface area (Å²) in [5.74, 6) is -0.686. The molecular formula is C21H14Cl2FN3O2. The molecule has 0 bridgehead atoms. The summed E-state index contributed by atoms with van der Waals surface area (Å²) in [6, 6.07) is 13.1. The maximum Gasteiger partial charge on any atom is 0.252 e. The number of halogens is 3. The fourth-order valence-electron chi connectivity index (χ4n) is 2.70. The van der Waals surface area contributed by atoms with Crippen molar-refractivity contribution >= 4 is 29.1 Å². The average molecular weight is 430 g/mol. The molecule has 0 saturated carbocycles. The highest BCUT2D eigenvalue weighted by atomic mass is 35.5. The first-order chi connectivity index (χ1) is 13.9. The highest BCUT2D eigenvalue weighted by Crippen LogP contribution is 2.30. The number of benzene rings is 2. The first-order valence-electron chi connectivity index (χ1n) is 8.38. The second-order valence-corrected chi connectivity index (χ2v) is 6.85. The molecule has 1 atom stereocenters. The monoisotopic (exact) mass is 429 g/mol. The number of rotatable bonds is 5. The van der Waals surface area contributed by atoms with Crippen LogP contribution < -0.4 is 10.1 Å². The van der Waals surface area contributed by atoms with Crippen LogP contribution in [0.4, 0.5) is 4.39 Å². The molecule has 1 amide bonds. The molecule has 5 nitrogen and oxygen atoms in total. The van der Waals surface area contributed by atoms with Crippen molar-refractivity contribution in [1.82, 2.24) is 10.3 Å². The van der Waals surface area contributed by atoms with Crippen LogP contribution >= 0.6 is 23.2 Å². The third kappa shape index (κ3) is 4.65. The topological polar surface area (TPSA) is 75.0 Å². The summed E-state index contributed by atoms with van der Waals surface area (Å²) < 4.78 is 19.1. The van der Waals surface area contributed by atoms with Gasteiger partial charge in [-0.05, 0) is 42.0 Å². The molecule has 0 aliphatic heterocycles. The Morgan fingerprint density at radius 2 is 1.93 bits per heavy atom. The largest absolute Gasteiger partial charge is 0.497 e. The zero-order valence-corrected chi connectivity index (χ0v) is 16.6. The molecule has 8 heteroatoms. The first-order valence-corrected chi connectivity index (χ1v) is 9.14. The van der Waals surface area contributed by atoms with Crippen molar-refractivity contribution in [2.24, 2.45) is 0 Å². The van der Waals surface area contributed by atoms with E-state index in [1.165, 1.54) is 24.4 Å². The summed E-state index contributed by atoms with van der Waals surface area (Å²) in [6.45, 7) is 0. The Balaban J connectivity index is 1.99. The second kappa shape index (κ2) is 8.91. The molecule has 2 aromatic carbocycles. The highest BCUT2D eigenvalue weighted by molar-refractivity contribution is 6.34. The maximum absolute atomic E-state index is 13.9. The standard InChI is InChI=1S/C21H14Cl2FN3O2/c1-29-16-6-4-12(5-7-16)19(20-17(23)9-15(22)11-26-20)27-21(28)13-2-3-14(10-25)18(24)8-13/h2-9,11,19H,1H3,(H,27,28)/t19-/m0/s1. The lowest BCUT2D eigenvalue weighted by molar-refractivity contribution is 0.0942. The third-order valence-electron chi connectivity index (χ3n) is 4.19. The highest BCUT2D eigenvalue weighted by Gasteiger charge is 2.22. The van der Waals surface area contributed by atoms with Crippen LogP contribution in [0.1, 0.15) is 33.2 Å². The van der Waals surface area contributed by atoms with Crippen LogP contribution in [0.2, 0.25) is 10.0 Å². The van der Waals surface area contributed by atoms with Crippen molar-refractivity contribution in [2.45, 2.75) is 6.04 Å². The molecule has 0 aliphatic carbocycles. The van der Waals surface area contributed by atoms with E-state index in [1.54, 1.807) is 37.4 Å². The Labute approximate surface area is 176 Å². The van der Waals surface area contributed by atoms with Gasteiger partial charge in [-0.1, -0.05) is 35.3 Å². The summed E-state index contributed by atoms with van der Waals surface area (Å²) in [6.07, 6.45) is 1.42. The number of amides is 1. The van der Waals surface area contributed by atoms with Gasteiger partial charge in [0.1, 0.15) is 17.6 Å². The van der Waals surface area contributed by atoms with Crippen molar-refractivity contribution in [1.29, 1.82) is 5.26 Å². The van der Waals surface area contributed by atoms with Crippen LogP contribution in [0.15, 0.2) is 54.7 Å². The minimum absolute atomic E-state index is 0.0603. The number of ether oxygens (including phenoxy) is 1. The van der Waals surface area contributed by atoms with Gasteiger partial charge in [0.15, 0.2) is 0 Å². The number of aromatic nitrogens is 1. The van der Waals surface area contributed by atoms with E-state index < -0.39 is 17.8 Å². The summed E-state index contributed by atoms with van der Waals surface area (Å²) in [7, 11) is 1.55. The lowest BCUT2D eigenvalue weighted by Gasteiger charge is -2.20. The number of carbonyl (C=O) groups excluding carboxylic acids is 1. The van der Waals surface area contributed by atoms with Gasteiger partial charge in [-0.2, -0.15) is 5.26 Å². The van der Waals surface area contributed by atoms with Gasteiger partial charge in [0.2, 0.25) is 0 Å². The van der Waals surface area contributed by atoms with Gasteiger partial charge in [0, 0.05) is 11.8 Å². The summed E-state index contributed by atoms with van der Waals surface area (Å²) in [4.78, 5) is 17.0. The van der Waals surface area contributed by atoms with E-state index in [0.717, 1.165) is 6.07 Å². The predicted octanol–water partition coefficient (Wildman–Crippen LogP) is 4.93. The van der Waals surface area contributed by atoms with Gasteiger partial charge in [-0.15, -0.1) is 0 Å². The van der Waals surface area contributed by atoms with Crippen LogP contribution in [-0.2, 0) is 0 Å². The normalized spacial score (nSPS) is 11.4. The molecule has 3 aromatic rings. The van der Waals surface area contributed by atoms with E-state index in [9.17, 15) is 9.18 Å². The molecule has 0 saturated heterocycles. The number of hydrogen-bond acceptors (Lipinski definition) is 4. The minimum atomic E-state index is -0.774.